The predicted octanol–water partition coefficient (Wildman–Crippen LogP) is 3.18. The van der Waals surface area contributed by atoms with E-state index < -0.39 is 0 Å². The molecule has 3 heterocycles. The van der Waals surface area contributed by atoms with Crippen LogP contribution in [-0.4, -0.2) is 76.5 Å². The van der Waals surface area contributed by atoms with Crippen LogP contribution in [-0.2, 0) is 9.59 Å². The number of benzene rings is 1. The standard InChI is InChI=1S/C24H25N5O5S2/c1-33-17-6-7-20(34-2)18(11-17)26-21(30)14-35-15-22(31)28-9-4-10-29(28)24(32)19-13-36-23(27-19)16-5-3-8-25-12-16/h3,5-8,11-13H,4,9-10,14-15H2,1-2H3,(H,26,30). The fourth-order valence-corrected chi connectivity index (χ4v) is 5.08. The van der Waals surface area contributed by atoms with E-state index >= 15 is 0 Å². The van der Waals surface area contributed by atoms with E-state index in [1.807, 2.05) is 12.1 Å². The Balaban J connectivity index is 1.31. The molecule has 3 amide bonds. The summed E-state index contributed by atoms with van der Waals surface area (Å²) in [5, 5.41) is 8.04. The van der Waals surface area contributed by atoms with Crippen molar-refractivity contribution in [1.29, 1.82) is 0 Å². The molecule has 4 rings (SSSR count). The Bertz CT molecular complexity index is 1240. The van der Waals surface area contributed by atoms with E-state index in [1.165, 1.54) is 47.3 Å². The Morgan fingerprint density at radius 1 is 1.11 bits per heavy atom. The summed E-state index contributed by atoms with van der Waals surface area (Å²) in [6.45, 7) is 0.878. The largest absolute Gasteiger partial charge is 0.497 e. The van der Waals surface area contributed by atoms with Gasteiger partial charge in [-0.3, -0.25) is 24.4 Å². The minimum atomic E-state index is -0.319. The molecule has 1 N–H and O–H groups in total. The Morgan fingerprint density at radius 2 is 1.94 bits per heavy atom. The van der Waals surface area contributed by atoms with E-state index in [-0.39, 0.29) is 34.9 Å². The molecule has 10 nitrogen and oxygen atoms in total. The molecule has 0 aliphatic carbocycles. The lowest BCUT2D eigenvalue weighted by atomic mass is 10.2. The molecule has 1 fully saturated rings. The van der Waals surface area contributed by atoms with Crippen LogP contribution in [0, 0.1) is 0 Å². The molecule has 1 saturated heterocycles. The molecule has 188 valence electrons. The second kappa shape index (κ2) is 11.9. The summed E-state index contributed by atoms with van der Waals surface area (Å²) in [6.07, 6.45) is 4.04. The zero-order valence-corrected chi connectivity index (χ0v) is 21.4. The van der Waals surface area contributed by atoms with Gasteiger partial charge in [-0.1, -0.05) is 0 Å². The first-order valence-corrected chi connectivity index (χ1v) is 13.1. The first-order chi connectivity index (χ1) is 17.5. The van der Waals surface area contributed by atoms with Gasteiger partial charge in [0.1, 0.15) is 22.2 Å². The molecule has 12 heteroatoms. The molecule has 1 aromatic carbocycles. The number of ether oxygens (including phenoxy) is 2. The molecule has 0 atom stereocenters. The van der Waals surface area contributed by atoms with E-state index in [0.717, 1.165) is 5.56 Å². The van der Waals surface area contributed by atoms with Crippen molar-refractivity contribution in [3.63, 3.8) is 0 Å². The summed E-state index contributed by atoms with van der Waals surface area (Å²) in [5.74, 6) is 0.379. The average molecular weight is 528 g/mol. The summed E-state index contributed by atoms with van der Waals surface area (Å²) < 4.78 is 10.5. The van der Waals surface area contributed by atoms with Crippen LogP contribution >= 0.6 is 23.1 Å². The highest BCUT2D eigenvalue weighted by atomic mass is 32.2. The third kappa shape index (κ3) is 5.94. The minimum Gasteiger partial charge on any atom is -0.497 e. The molecule has 3 aromatic rings. The number of nitrogens with one attached hydrogen (secondary N) is 1. The maximum Gasteiger partial charge on any atom is 0.291 e. The van der Waals surface area contributed by atoms with Gasteiger partial charge in [-0.15, -0.1) is 23.1 Å². The second-order valence-corrected chi connectivity index (χ2v) is 9.53. The summed E-state index contributed by atoms with van der Waals surface area (Å²) in [7, 11) is 3.05. The third-order valence-corrected chi connectivity index (χ3v) is 7.13. The number of thioether (sulfide) groups is 1. The van der Waals surface area contributed by atoms with Gasteiger partial charge in [0.15, 0.2) is 0 Å². The molecule has 0 spiro atoms. The van der Waals surface area contributed by atoms with Crippen LogP contribution in [0.2, 0.25) is 0 Å². The molecule has 36 heavy (non-hydrogen) atoms. The summed E-state index contributed by atoms with van der Waals surface area (Å²) >= 11 is 2.53. The number of hydrazine groups is 1. The van der Waals surface area contributed by atoms with Gasteiger partial charge in [0.05, 0.1) is 31.4 Å². The molecule has 0 radical (unpaired) electrons. The number of amides is 3. The number of hydrogen-bond donors (Lipinski definition) is 1. The van der Waals surface area contributed by atoms with Crippen molar-refractivity contribution in [2.24, 2.45) is 0 Å². The smallest absolute Gasteiger partial charge is 0.291 e. The molecular weight excluding hydrogens is 502 g/mol. The molecule has 0 saturated carbocycles. The Hall–Kier alpha value is -3.64. The predicted molar refractivity (Wildman–Crippen MR) is 138 cm³/mol. The number of pyridine rings is 1. The van der Waals surface area contributed by atoms with E-state index in [2.05, 4.69) is 15.3 Å². The van der Waals surface area contributed by atoms with Gasteiger partial charge in [0.25, 0.3) is 11.8 Å². The van der Waals surface area contributed by atoms with Crippen LogP contribution in [0.3, 0.4) is 0 Å². The van der Waals surface area contributed by atoms with Crippen LogP contribution in [0.4, 0.5) is 5.69 Å². The van der Waals surface area contributed by atoms with Crippen molar-refractivity contribution in [1.82, 2.24) is 20.0 Å². The minimum absolute atomic E-state index is 0.0600. The fraction of sp³-hybridized carbons (Fsp3) is 0.292. The fourth-order valence-electron chi connectivity index (χ4n) is 3.61. The molecule has 2 aromatic heterocycles. The summed E-state index contributed by atoms with van der Waals surface area (Å²) in [6, 6.07) is 8.79. The van der Waals surface area contributed by atoms with Gasteiger partial charge in [-0.2, -0.15) is 0 Å². The van der Waals surface area contributed by atoms with Gasteiger partial charge < -0.3 is 14.8 Å². The molecular formula is C24H25N5O5S2. The lowest BCUT2D eigenvalue weighted by molar-refractivity contribution is -0.137. The van der Waals surface area contributed by atoms with E-state index in [9.17, 15) is 14.4 Å². The maximum absolute atomic E-state index is 13.1. The summed E-state index contributed by atoms with van der Waals surface area (Å²) in [5.41, 5.74) is 1.61. The van der Waals surface area contributed by atoms with Crippen LogP contribution in [0.15, 0.2) is 48.1 Å². The van der Waals surface area contributed by atoms with Gasteiger partial charge >= 0.3 is 0 Å². The highest BCUT2D eigenvalue weighted by Gasteiger charge is 2.32. The topological polar surface area (TPSA) is 114 Å². The van der Waals surface area contributed by atoms with Gasteiger partial charge in [-0.25, -0.2) is 9.99 Å². The molecule has 1 aliphatic rings. The number of anilines is 1. The highest BCUT2D eigenvalue weighted by molar-refractivity contribution is 8.00. The van der Waals surface area contributed by atoms with Crippen molar-refractivity contribution in [2.75, 3.05) is 44.1 Å². The number of thiazole rings is 1. The van der Waals surface area contributed by atoms with Crippen molar-refractivity contribution in [3.8, 4) is 22.1 Å². The Labute approximate surface area is 216 Å². The molecule has 0 bridgehead atoms. The number of carbonyl (C=O) groups is 3. The number of nitrogens with zero attached hydrogens (tertiary/aromatic N) is 4. The van der Waals surface area contributed by atoms with Crippen LogP contribution in [0.5, 0.6) is 11.5 Å². The first-order valence-electron chi connectivity index (χ1n) is 11.1. The van der Waals surface area contributed by atoms with E-state index in [0.29, 0.717) is 41.7 Å². The quantitative estimate of drug-likeness (QED) is 0.451. The number of hydrogen-bond acceptors (Lipinski definition) is 9. The number of rotatable bonds is 9. The lowest BCUT2D eigenvalue weighted by Crippen LogP contribution is -2.45. The molecule has 1 aliphatic heterocycles. The Morgan fingerprint density at radius 3 is 2.69 bits per heavy atom. The van der Waals surface area contributed by atoms with Crippen LogP contribution in [0.1, 0.15) is 16.9 Å². The number of carbonyl (C=O) groups excluding carboxylic acids is 3. The van der Waals surface area contributed by atoms with Crippen molar-refractivity contribution in [3.05, 3.63) is 53.8 Å². The van der Waals surface area contributed by atoms with Gasteiger partial charge in [0.2, 0.25) is 5.91 Å². The van der Waals surface area contributed by atoms with E-state index in [1.54, 1.807) is 36.0 Å². The SMILES string of the molecule is COc1ccc(OC)c(NC(=O)CSCC(=O)N2CCCN2C(=O)c2csc(-c3cccnc3)n2)c1. The lowest BCUT2D eigenvalue weighted by Gasteiger charge is -2.27. The Kier molecular flexibility index (Phi) is 8.39. The van der Waals surface area contributed by atoms with Crippen molar-refractivity contribution in [2.45, 2.75) is 6.42 Å². The van der Waals surface area contributed by atoms with Crippen molar-refractivity contribution < 1.29 is 23.9 Å². The number of aromatic nitrogens is 2. The summed E-state index contributed by atoms with van der Waals surface area (Å²) in [4.78, 5) is 46.9. The van der Waals surface area contributed by atoms with E-state index in [4.69, 9.17) is 9.47 Å². The van der Waals surface area contributed by atoms with Crippen LogP contribution < -0.4 is 14.8 Å². The third-order valence-electron chi connectivity index (χ3n) is 5.32. The average Bonchev–Trinajstić information content (AvgIpc) is 3.59. The van der Waals surface area contributed by atoms with Crippen molar-refractivity contribution >= 4 is 46.5 Å². The molecule has 0 unspecified atom stereocenters. The highest BCUT2D eigenvalue weighted by Crippen LogP contribution is 2.29. The number of methoxy groups -OCH3 is 2. The van der Waals surface area contributed by atoms with Gasteiger partial charge in [0, 0.05) is 42.5 Å². The van der Waals surface area contributed by atoms with Crippen LogP contribution in [0.25, 0.3) is 10.6 Å². The maximum atomic E-state index is 13.1. The normalized spacial score (nSPS) is 12.9. The zero-order valence-electron chi connectivity index (χ0n) is 19.8. The van der Waals surface area contributed by atoms with Gasteiger partial charge in [-0.05, 0) is 30.7 Å². The first kappa shape index (κ1) is 25.5. The zero-order chi connectivity index (χ0) is 25.5. The monoisotopic (exact) mass is 527 g/mol. The second-order valence-electron chi connectivity index (χ2n) is 7.69.